The fourth-order valence-corrected chi connectivity index (χ4v) is 1.85. The third-order valence-electron chi connectivity index (χ3n) is 2.14. The average Bonchev–Trinajstić information content (AvgIpc) is 2.42. The highest BCUT2D eigenvalue weighted by atomic mass is 35.5. The molecule has 0 saturated carbocycles. The zero-order valence-corrected chi connectivity index (χ0v) is 11.1. The molecule has 0 aliphatic carbocycles. The summed E-state index contributed by atoms with van der Waals surface area (Å²) < 4.78 is 5.26. The molecule has 0 aliphatic heterocycles. The summed E-state index contributed by atoms with van der Waals surface area (Å²) in [6.45, 7) is 0. The molecule has 0 amide bonds. The van der Waals surface area contributed by atoms with Gasteiger partial charge in [-0.3, -0.25) is 10.1 Å². The van der Waals surface area contributed by atoms with Crippen LogP contribution in [-0.2, 0) is 0 Å². The number of ether oxygens (including phenoxy) is 1. The first-order valence-electron chi connectivity index (χ1n) is 5.05. The molecule has 2 aromatic rings. The first kappa shape index (κ1) is 14.0. The number of nitriles is 1. The number of non-ortho nitro benzene ring substituents is 1. The van der Waals surface area contributed by atoms with E-state index in [1.807, 2.05) is 6.07 Å². The number of hydrogen-bond donors (Lipinski definition) is 0. The molecule has 2 rings (SSSR count). The minimum Gasteiger partial charge on any atom is -0.421 e. The molecule has 0 saturated heterocycles. The van der Waals surface area contributed by atoms with Gasteiger partial charge in [-0.25, -0.2) is 4.98 Å². The Morgan fingerprint density at radius 3 is 2.55 bits per heavy atom. The summed E-state index contributed by atoms with van der Waals surface area (Å²) in [6.07, 6.45) is 1.33. The number of nitrogens with zero attached hydrogens (tertiary/aromatic N) is 4. The van der Waals surface area contributed by atoms with Gasteiger partial charge in [0.25, 0.3) is 5.69 Å². The summed E-state index contributed by atoms with van der Waals surface area (Å²) >= 11 is 11.7. The van der Waals surface area contributed by atoms with Crippen molar-refractivity contribution in [1.82, 2.24) is 9.97 Å². The highest BCUT2D eigenvalue weighted by Gasteiger charge is 2.17. The Labute approximate surface area is 122 Å². The SMILES string of the molecule is N#Cc1ccnc(Oc2c(Cl)cc([N+](=O)[O-])cc2Cl)n1. The van der Waals surface area contributed by atoms with Crippen LogP contribution in [0.5, 0.6) is 11.8 Å². The predicted octanol–water partition coefficient (Wildman–Crippen LogP) is 3.36. The van der Waals surface area contributed by atoms with Crippen molar-refractivity contribution < 1.29 is 9.66 Å². The minimum atomic E-state index is -0.631. The first-order valence-corrected chi connectivity index (χ1v) is 5.81. The maximum atomic E-state index is 10.6. The second-order valence-corrected chi connectivity index (χ2v) is 4.25. The van der Waals surface area contributed by atoms with Gasteiger partial charge in [0.05, 0.1) is 15.0 Å². The van der Waals surface area contributed by atoms with Crippen LogP contribution >= 0.6 is 23.2 Å². The highest BCUT2D eigenvalue weighted by Crippen LogP contribution is 2.38. The van der Waals surface area contributed by atoms with Gasteiger partial charge in [-0.1, -0.05) is 23.2 Å². The monoisotopic (exact) mass is 310 g/mol. The van der Waals surface area contributed by atoms with Crippen LogP contribution in [0.4, 0.5) is 5.69 Å². The largest absolute Gasteiger partial charge is 0.421 e. The van der Waals surface area contributed by atoms with Gasteiger partial charge in [0, 0.05) is 18.3 Å². The zero-order valence-electron chi connectivity index (χ0n) is 9.58. The molecular weight excluding hydrogens is 307 g/mol. The zero-order chi connectivity index (χ0) is 14.7. The Morgan fingerprint density at radius 2 is 2.00 bits per heavy atom. The second-order valence-electron chi connectivity index (χ2n) is 3.43. The van der Waals surface area contributed by atoms with E-state index in [4.69, 9.17) is 33.2 Å². The molecule has 0 N–H and O–H groups in total. The lowest BCUT2D eigenvalue weighted by Crippen LogP contribution is -1.96. The number of rotatable bonds is 3. The van der Waals surface area contributed by atoms with Gasteiger partial charge in [-0.2, -0.15) is 10.2 Å². The van der Waals surface area contributed by atoms with Crippen LogP contribution in [0, 0.1) is 21.4 Å². The fraction of sp³-hybridized carbons (Fsp3) is 0. The number of aromatic nitrogens is 2. The molecule has 0 unspecified atom stereocenters. The van der Waals surface area contributed by atoms with Crippen molar-refractivity contribution in [3.05, 3.63) is 50.2 Å². The van der Waals surface area contributed by atoms with E-state index in [2.05, 4.69) is 9.97 Å². The van der Waals surface area contributed by atoms with E-state index in [0.29, 0.717) is 0 Å². The van der Waals surface area contributed by atoms with Crippen molar-refractivity contribution >= 4 is 28.9 Å². The number of halogens is 2. The van der Waals surface area contributed by atoms with E-state index in [1.54, 1.807) is 0 Å². The molecule has 0 radical (unpaired) electrons. The van der Waals surface area contributed by atoms with Crippen LogP contribution in [0.25, 0.3) is 0 Å². The maximum Gasteiger partial charge on any atom is 0.323 e. The lowest BCUT2D eigenvalue weighted by atomic mass is 10.3. The lowest BCUT2D eigenvalue weighted by molar-refractivity contribution is -0.384. The van der Waals surface area contributed by atoms with Crippen molar-refractivity contribution in [1.29, 1.82) is 5.26 Å². The Morgan fingerprint density at radius 1 is 1.35 bits per heavy atom. The summed E-state index contributed by atoms with van der Waals surface area (Å²) in [4.78, 5) is 17.6. The van der Waals surface area contributed by atoms with Crippen molar-refractivity contribution in [3.63, 3.8) is 0 Å². The third kappa shape index (κ3) is 2.93. The lowest BCUT2D eigenvalue weighted by Gasteiger charge is -2.07. The molecule has 0 spiro atoms. The van der Waals surface area contributed by atoms with Crippen LogP contribution in [0.15, 0.2) is 24.4 Å². The standard InChI is InChI=1S/C11H4Cl2N4O3/c12-8-3-7(17(18)19)4-9(13)10(8)20-11-15-2-1-6(5-14)16-11/h1-4H. The fourth-order valence-electron chi connectivity index (χ4n) is 1.29. The normalized spacial score (nSPS) is 9.85. The van der Waals surface area contributed by atoms with E-state index >= 15 is 0 Å². The molecule has 0 fully saturated rings. The van der Waals surface area contributed by atoms with Gasteiger partial charge in [0.15, 0.2) is 5.75 Å². The van der Waals surface area contributed by atoms with E-state index in [1.165, 1.54) is 12.3 Å². The number of hydrogen-bond acceptors (Lipinski definition) is 6. The van der Waals surface area contributed by atoms with Crippen molar-refractivity contribution in [2.45, 2.75) is 0 Å². The van der Waals surface area contributed by atoms with Gasteiger partial charge in [0.2, 0.25) is 0 Å². The summed E-state index contributed by atoms with van der Waals surface area (Å²) in [5.74, 6) is -0.0194. The molecular formula is C11H4Cl2N4O3. The quantitative estimate of drug-likeness (QED) is 0.636. The van der Waals surface area contributed by atoms with Gasteiger partial charge < -0.3 is 4.74 Å². The number of nitro benzene ring substituents is 1. The van der Waals surface area contributed by atoms with Crippen LogP contribution in [0.3, 0.4) is 0 Å². The van der Waals surface area contributed by atoms with Crippen LogP contribution in [-0.4, -0.2) is 14.9 Å². The summed E-state index contributed by atoms with van der Waals surface area (Å²) in [5.41, 5.74) is -0.164. The molecule has 0 bridgehead atoms. The van der Waals surface area contributed by atoms with Crippen LogP contribution in [0.2, 0.25) is 10.0 Å². The van der Waals surface area contributed by atoms with Crippen LogP contribution < -0.4 is 4.74 Å². The number of nitro groups is 1. The molecule has 100 valence electrons. The Bertz CT molecular complexity index is 707. The Balaban J connectivity index is 2.39. The molecule has 20 heavy (non-hydrogen) atoms. The molecule has 0 aliphatic rings. The van der Waals surface area contributed by atoms with Gasteiger partial charge in [-0.05, 0) is 6.07 Å². The molecule has 7 nitrogen and oxygen atoms in total. The Kier molecular flexibility index (Phi) is 3.98. The van der Waals surface area contributed by atoms with Crippen molar-refractivity contribution in [2.24, 2.45) is 0 Å². The molecule has 1 aromatic carbocycles. The van der Waals surface area contributed by atoms with Crippen molar-refractivity contribution in [3.8, 4) is 17.8 Å². The summed E-state index contributed by atoms with van der Waals surface area (Å²) in [6, 6.07) is 5.27. The molecule has 9 heteroatoms. The number of benzene rings is 1. The molecule has 1 heterocycles. The average molecular weight is 311 g/mol. The van der Waals surface area contributed by atoms with Gasteiger partial charge in [0.1, 0.15) is 11.8 Å². The summed E-state index contributed by atoms with van der Waals surface area (Å²) in [7, 11) is 0. The maximum absolute atomic E-state index is 10.6. The topological polar surface area (TPSA) is 102 Å². The molecule has 1 aromatic heterocycles. The van der Waals surface area contributed by atoms with E-state index in [0.717, 1.165) is 12.1 Å². The highest BCUT2D eigenvalue weighted by molar-refractivity contribution is 6.37. The second kappa shape index (κ2) is 5.69. The van der Waals surface area contributed by atoms with E-state index in [9.17, 15) is 10.1 Å². The first-order chi connectivity index (χ1) is 9.51. The van der Waals surface area contributed by atoms with E-state index in [-0.39, 0.29) is 33.2 Å². The summed E-state index contributed by atoms with van der Waals surface area (Å²) in [5, 5.41) is 19.2. The smallest absolute Gasteiger partial charge is 0.323 e. The van der Waals surface area contributed by atoms with Gasteiger partial charge in [-0.15, -0.1) is 0 Å². The molecule has 0 atom stereocenters. The van der Waals surface area contributed by atoms with E-state index < -0.39 is 4.92 Å². The van der Waals surface area contributed by atoms with Gasteiger partial charge >= 0.3 is 6.01 Å². The Hall–Kier alpha value is -2.43. The minimum absolute atomic E-state index is 0.0194. The third-order valence-corrected chi connectivity index (χ3v) is 2.70. The predicted molar refractivity (Wildman–Crippen MR) is 69.9 cm³/mol. The van der Waals surface area contributed by atoms with Crippen molar-refractivity contribution in [2.75, 3.05) is 0 Å². The van der Waals surface area contributed by atoms with Crippen LogP contribution in [0.1, 0.15) is 5.69 Å².